The Morgan fingerprint density at radius 2 is 2.28 bits per heavy atom. The van der Waals surface area contributed by atoms with Crippen molar-refractivity contribution >= 4 is 21.9 Å². The van der Waals surface area contributed by atoms with Crippen LogP contribution >= 0.6 is 0 Å². The maximum absolute atomic E-state index is 4.76. The molecule has 3 aromatic heterocycles. The monoisotopic (exact) mass is 241 g/mol. The van der Waals surface area contributed by atoms with Crippen LogP contribution in [-0.4, -0.2) is 33.3 Å². The van der Waals surface area contributed by atoms with Gasteiger partial charge in [0.05, 0.1) is 11.2 Å². The summed E-state index contributed by atoms with van der Waals surface area (Å²) in [6, 6.07) is 2.02. The van der Waals surface area contributed by atoms with Crippen LogP contribution in [0.25, 0.3) is 21.9 Å². The molecule has 3 N–H and O–H groups in total. The second kappa shape index (κ2) is 3.81. The first kappa shape index (κ1) is 10.1. The third-order valence-electron chi connectivity index (χ3n) is 3.82. The molecular weight excluding hydrogens is 226 g/mol. The van der Waals surface area contributed by atoms with Crippen LogP contribution in [0.5, 0.6) is 0 Å². The number of piperidine rings is 1. The standard InChI is InChI=1S/C13H15N5/c1-2-8(6-14-4-1)11-12-10(7-16-18-12)9-3-5-15-13(9)17-11/h3,5,7-8,14,16,18H,1-2,4,6H2. The van der Waals surface area contributed by atoms with Crippen molar-refractivity contribution in [3.8, 4) is 0 Å². The number of aromatic amines is 2. The summed E-state index contributed by atoms with van der Waals surface area (Å²) in [7, 11) is 0. The van der Waals surface area contributed by atoms with Crippen LogP contribution in [0.4, 0.5) is 0 Å². The number of hydrogen-bond donors (Lipinski definition) is 3. The van der Waals surface area contributed by atoms with Gasteiger partial charge in [-0.3, -0.25) is 5.10 Å². The van der Waals surface area contributed by atoms with Crippen LogP contribution in [0, 0.1) is 0 Å². The fourth-order valence-corrected chi connectivity index (χ4v) is 2.91. The van der Waals surface area contributed by atoms with Crippen LogP contribution in [0.1, 0.15) is 24.5 Å². The fraction of sp³-hybridized carbons (Fsp3) is 0.385. The molecule has 1 unspecified atom stereocenters. The van der Waals surface area contributed by atoms with E-state index < -0.39 is 0 Å². The zero-order chi connectivity index (χ0) is 11.9. The van der Waals surface area contributed by atoms with E-state index in [4.69, 9.17) is 4.98 Å². The van der Waals surface area contributed by atoms with Gasteiger partial charge in [-0.05, 0) is 25.5 Å². The molecule has 4 heterocycles. The van der Waals surface area contributed by atoms with E-state index in [0.29, 0.717) is 5.92 Å². The summed E-state index contributed by atoms with van der Waals surface area (Å²) >= 11 is 0. The van der Waals surface area contributed by atoms with Crippen molar-refractivity contribution in [2.75, 3.05) is 13.1 Å². The first-order chi connectivity index (χ1) is 8.93. The van der Waals surface area contributed by atoms with Gasteiger partial charge in [0.1, 0.15) is 0 Å². The molecule has 0 spiro atoms. The fourth-order valence-electron chi connectivity index (χ4n) is 2.91. The summed E-state index contributed by atoms with van der Waals surface area (Å²) in [6.07, 6.45) is 6.23. The Bertz CT molecular complexity index is 690. The molecule has 0 aliphatic carbocycles. The molecule has 3 aromatic rings. The highest BCUT2D eigenvalue weighted by molar-refractivity contribution is 6.04. The number of fused-ring (bicyclic) bond motifs is 3. The van der Waals surface area contributed by atoms with Crippen LogP contribution in [-0.2, 0) is 0 Å². The Morgan fingerprint density at radius 3 is 3.17 bits per heavy atom. The normalized spacial score (nSPS) is 20.8. The van der Waals surface area contributed by atoms with E-state index in [1.165, 1.54) is 18.2 Å². The molecule has 1 aliphatic rings. The van der Waals surface area contributed by atoms with Gasteiger partial charge in [0.15, 0.2) is 5.65 Å². The Balaban J connectivity index is 1.97. The lowest BCUT2D eigenvalue weighted by Crippen LogP contribution is -2.29. The minimum absolute atomic E-state index is 0.481. The van der Waals surface area contributed by atoms with Gasteiger partial charge in [-0.15, -0.1) is 0 Å². The van der Waals surface area contributed by atoms with Gasteiger partial charge in [0.2, 0.25) is 0 Å². The molecule has 0 aromatic carbocycles. The van der Waals surface area contributed by atoms with Crippen molar-refractivity contribution < 1.29 is 0 Å². The van der Waals surface area contributed by atoms with Crippen LogP contribution in [0.15, 0.2) is 18.5 Å². The molecule has 0 bridgehead atoms. The highest BCUT2D eigenvalue weighted by Gasteiger charge is 2.21. The number of pyridine rings is 1. The Kier molecular flexibility index (Phi) is 2.14. The van der Waals surface area contributed by atoms with E-state index in [0.717, 1.165) is 35.3 Å². The van der Waals surface area contributed by atoms with Crippen LogP contribution in [0.3, 0.4) is 0 Å². The molecule has 4 rings (SSSR count). The summed E-state index contributed by atoms with van der Waals surface area (Å²) in [6.45, 7) is 2.13. The van der Waals surface area contributed by atoms with E-state index in [2.05, 4.69) is 20.5 Å². The zero-order valence-electron chi connectivity index (χ0n) is 10.0. The zero-order valence-corrected chi connectivity index (χ0v) is 10.0. The topological polar surface area (TPSA) is 69.4 Å². The SMILES string of the molecule is c1cc2c(n1)nc(C1CCCNC1)c1[nH][nH]cc12. The van der Waals surface area contributed by atoms with E-state index in [1.807, 2.05) is 18.5 Å². The van der Waals surface area contributed by atoms with E-state index >= 15 is 0 Å². The summed E-state index contributed by atoms with van der Waals surface area (Å²) in [5.74, 6) is 0.481. The van der Waals surface area contributed by atoms with Gasteiger partial charge in [-0.2, -0.15) is 0 Å². The van der Waals surface area contributed by atoms with E-state index in [1.54, 1.807) is 0 Å². The lowest BCUT2D eigenvalue weighted by atomic mass is 9.94. The third-order valence-corrected chi connectivity index (χ3v) is 3.82. The average Bonchev–Trinajstić information content (AvgIpc) is 3.06. The summed E-state index contributed by atoms with van der Waals surface area (Å²) in [4.78, 5) is 9.10. The van der Waals surface area contributed by atoms with E-state index in [9.17, 15) is 0 Å². The smallest absolute Gasteiger partial charge is 0.160 e. The Labute approximate surface area is 104 Å². The molecule has 0 amide bonds. The van der Waals surface area contributed by atoms with Crippen molar-refractivity contribution in [2.24, 2.45) is 0 Å². The van der Waals surface area contributed by atoms with Crippen molar-refractivity contribution in [3.05, 3.63) is 24.2 Å². The quantitative estimate of drug-likeness (QED) is 0.609. The third kappa shape index (κ3) is 1.37. The number of rotatable bonds is 1. The Hall–Kier alpha value is -1.88. The number of hydrogen-bond acceptors (Lipinski definition) is 3. The predicted octanol–water partition coefficient (Wildman–Crippen LogP) is 1.91. The van der Waals surface area contributed by atoms with Gasteiger partial charge < -0.3 is 10.4 Å². The lowest BCUT2D eigenvalue weighted by Gasteiger charge is -2.22. The summed E-state index contributed by atoms with van der Waals surface area (Å²) in [5, 5.41) is 12.1. The largest absolute Gasteiger partial charge is 0.316 e. The number of nitrogens with one attached hydrogen (secondary N) is 3. The van der Waals surface area contributed by atoms with Gasteiger partial charge in [-0.25, -0.2) is 9.97 Å². The van der Waals surface area contributed by atoms with Gasteiger partial charge in [0.25, 0.3) is 0 Å². The molecule has 5 nitrogen and oxygen atoms in total. The van der Waals surface area contributed by atoms with E-state index in [-0.39, 0.29) is 0 Å². The molecule has 1 aliphatic heterocycles. The molecule has 1 atom stereocenters. The Morgan fingerprint density at radius 1 is 1.28 bits per heavy atom. The average molecular weight is 241 g/mol. The molecule has 5 heteroatoms. The highest BCUT2D eigenvalue weighted by atomic mass is 15.1. The molecule has 92 valence electrons. The predicted molar refractivity (Wildman–Crippen MR) is 70.6 cm³/mol. The molecule has 0 radical (unpaired) electrons. The van der Waals surface area contributed by atoms with Crippen LogP contribution in [0.2, 0.25) is 0 Å². The maximum Gasteiger partial charge on any atom is 0.160 e. The van der Waals surface area contributed by atoms with Gasteiger partial charge in [-0.1, -0.05) is 0 Å². The highest BCUT2D eigenvalue weighted by Crippen LogP contribution is 2.31. The van der Waals surface area contributed by atoms with Crippen molar-refractivity contribution in [1.29, 1.82) is 0 Å². The second-order valence-electron chi connectivity index (χ2n) is 4.92. The summed E-state index contributed by atoms with van der Waals surface area (Å²) < 4.78 is 0. The molecule has 1 saturated heterocycles. The number of aromatic nitrogens is 4. The lowest BCUT2D eigenvalue weighted by molar-refractivity contribution is 0.457. The van der Waals surface area contributed by atoms with Crippen molar-refractivity contribution in [2.45, 2.75) is 18.8 Å². The number of H-pyrrole nitrogens is 2. The molecule has 18 heavy (non-hydrogen) atoms. The second-order valence-corrected chi connectivity index (χ2v) is 4.92. The van der Waals surface area contributed by atoms with Crippen LogP contribution < -0.4 is 5.32 Å². The van der Waals surface area contributed by atoms with Gasteiger partial charge >= 0.3 is 0 Å². The first-order valence-corrected chi connectivity index (χ1v) is 6.44. The first-order valence-electron chi connectivity index (χ1n) is 6.44. The minimum Gasteiger partial charge on any atom is -0.316 e. The minimum atomic E-state index is 0.481. The maximum atomic E-state index is 4.76. The number of nitrogens with zero attached hydrogens (tertiary/aromatic N) is 2. The van der Waals surface area contributed by atoms with Gasteiger partial charge in [0, 0.05) is 35.6 Å². The molecule has 1 fully saturated rings. The summed E-state index contributed by atoms with van der Waals surface area (Å²) in [5.41, 5.74) is 3.13. The van der Waals surface area contributed by atoms with Crippen molar-refractivity contribution in [3.63, 3.8) is 0 Å². The molecule has 0 saturated carbocycles. The van der Waals surface area contributed by atoms with Crippen molar-refractivity contribution in [1.82, 2.24) is 25.5 Å². The molecular formula is C13H15N5.